The monoisotopic (exact) mass is 408 g/mol. The fourth-order valence-electron chi connectivity index (χ4n) is 3.41. The third-order valence-corrected chi connectivity index (χ3v) is 5.06. The molecule has 1 aromatic carbocycles. The Morgan fingerprint density at radius 3 is 2.86 bits per heavy atom. The summed E-state index contributed by atoms with van der Waals surface area (Å²) in [5.41, 5.74) is 2.61. The van der Waals surface area contributed by atoms with Crippen LogP contribution in [0.5, 0.6) is 0 Å². The van der Waals surface area contributed by atoms with Gasteiger partial charge < -0.3 is 4.90 Å². The fourth-order valence-corrected chi connectivity index (χ4v) is 3.60. The summed E-state index contributed by atoms with van der Waals surface area (Å²) in [6, 6.07) is 12.9. The molecular formula is C21H21ClN6O. The van der Waals surface area contributed by atoms with Gasteiger partial charge in [-0.25, -0.2) is 19.7 Å². The van der Waals surface area contributed by atoms with Crippen LogP contribution >= 0.6 is 11.6 Å². The lowest BCUT2D eigenvalue weighted by Gasteiger charge is -2.25. The van der Waals surface area contributed by atoms with E-state index in [4.69, 9.17) is 16.6 Å². The third-order valence-electron chi connectivity index (χ3n) is 4.82. The van der Waals surface area contributed by atoms with E-state index in [2.05, 4.69) is 27.1 Å². The van der Waals surface area contributed by atoms with Gasteiger partial charge in [-0.3, -0.25) is 10.2 Å². The van der Waals surface area contributed by atoms with Gasteiger partial charge in [0.2, 0.25) is 0 Å². The van der Waals surface area contributed by atoms with Gasteiger partial charge in [0, 0.05) is 36.4 Å². The van der Waals surface area contributed by atoms with Crippen molar-refractivity contribution in [2.75, 3.05) is 34.8 Å². The number of amides is 2. The van der Waals surface area contributed by atoms with Gasteiger partial charge >= 0.3 is 6.03 Å². The van der Waals surface area contributed by atoms with Gasteiger partial charge in [-0.05, 0) is 43.7 Å². The molecule has 1 aliphatic rings. The van der Waals surface area contributed by atoms with Crippen LogP contribution in [0.1, 0.15) is 13.3 Å². The van der Waals surface area contributed by atoms with E-state index in [1.807, 2.05) is 36.4 Å². The molecule has 0 aliphatic carbocycles. The Hall–Kier alpha value is -3.19. The standard InChI is InChI=1S/C21H21ClN6O/c1-2-27-11-4-12-28(21(29)26-19-9-10-23-14-24-19)20-18(27)8-7-17(25-20)15-5-3-6-16(22)13-15/h3,5-10,13-14H,2,4,11-12H2,1H3,(H,23,24,26,29). The van der Waals surface area contributed by atoms with Gasteiger partial charge in [-0.1, -0.05) is 23.7 Å². The first-order valence-electron chi connectivity index (χ1n) is 9.52. The predicted octanol–water partition coefficient (Wildman–Crippen LogP) is 4.46. The summed E-state index contributed by atoms with van der Waals surface area (Å²) in [5.74, 6) is 1.09. The van der Waals surface area contributed by atoms with E-state index in [0.29, 0.717) is 23.2 Å². The summed E-state index contributed by atoms with van der Waals surface area (Å²) in [7, 11) is 0. The lowest BCUT2D eigenvalue weighted by molar-refractivity contribution is 0.256. The molecule has 7 nitrogen and oxygen atoms in total. The molecule has 3 heterocycles. The maximum atomic E-state index is 13.1. The van der Waals surface area contributed by atoms with Gasteiger partial charge in [0.25, 0.3) is 0 Å². The highest BCUT2D eigenvalue weighted by Gasteiger charge is 2.26. The summed E-state index contributed by atoms with van der Waals surface area (Å²) in [4.78, 5) is 29.8. The van der Waals surface area contributed by atoms with Gasteiger partial charge in [-0.15, -0.1) is 0 Å². The molecule has 0 atom stereocenters. The van der Waals surface area contributed by atoms with Crippen LogP contribution in [0, 0.1) is 0 Å². The van der Waals surface area contributed by atoms with Gasteiger partial charge in [0.15, 0.2) is 5.82 Å². The maximum absolute atomic E-state index is 13.1. The number of halogens is 1. The largest absolute Gasteiger partial charge is 0.369 e. The molecule has 2 aromatic heterocycles. The Morgan fingerprint density at radius 2 is 2.10 bits per heavy atom. The highest BCUT2D eigenvalue weighted by atomic mass is 35.5. The number of anilines is 3. The first-order valence-corrected chi connectivity index (χ1v) is 9.90. The maximum Gasteiger partial charge on any atom is 0.328 e. The van der Waals surface area contributed by atoms with Crippen molar-refractivity contribution in [3.05, 3.63) is 60.0 Å². The van der Waals surface area contributed by atoms with Crippen LogP contribution in [0.4, 0.5) is 22.1 Å². The van der Waals surface area contributed by atoms with E-state index >= 15 is 0 Å². The molecule has 1 N–H and O–H groups in total. The topological polar surface area (TPSA) is 74.2 Å². The van der Waals surface area contributed by atoms with Crippen molar-refractivity contribution in [2.45, 2.75) is 13.3 Å². The summed E-state index contributed by atoms with van der Waals surface area (Å²) >= 11 is 6.16. The van der Waals surface area contributed by atoms with Crippen LogP contribution in [0.15, 0.2) is 55.0 Å². The van der Waals surface area contributed by atoms with E-state index in [1.165, 1.54) is 6.33 Å². The fraction of sp³-hybridized carbons (Fsp3) is 0.238. The van der Waals surface area contributed by atoms with Crippen LogP contribution in [-0.2, 0) is 0 Å². The van der Waals surface area contributed by atoms with Crippen molar-refractivity contribution in [1.82, 2.24) is 15.0 Å². The summed E-state index contributed by atoms with van der Waals surface area (Å²) in [6.07, 6.45) is 3.83. The van der Waals surface area contributed by atoms with Crippen LogP contribution in [-0.4, -0.2) is 40.6 Å². The van der Waals surface area contributed by atoms with Crippen molar-refractivity contribution in [2.24, 2.45) is 0 Å². The number of benzene rings is 1. The van der Waals surface area contributed by atoms with E-state index in [0.717, 1.165) is 36.5 Å². The number of carbonyl (C=O) groups excluding carboxylic acids is 1. The smallest absolute Gasteiger partial charge is 0.328 e. The van der Waals surface area contributed by atoms with Crippen molar-refractivity contribution in [3.63, 3.8) is 0 Å². The second-order valence-electron chi connectivity index (χ2n) is 6.66. The van der Waals surface area contributed by atoms with E-state index in [9.17, 15) is 4.79 Å². The number of carbonyl (C=O) groups is 1. The quantitative estimate of drug-likeness (QED) is 0.692. The lowest BCUT2D eigenvalue weighted by atomic mass is 10.1. The first kappa shape index (κ1) is 19.1. The molecule has 29 heavy (non-hydrogen) atoms. The molecular weight excluding hydrogens is 388 g/mol. The average Bonchev–Trinajstić information content (AvgIpc) is 2.93. The van der Waals surface area contributed by atoms with Crippen LogP contribution in [0.3, 0.4) is 0 Å². The molecule has 0 spiro atoms. The molecule has 0 bridgehead atoms. The Balaban J connectivity index is 1.74. The molecule has 4 rings (SSSR count). The highest BCUT2D eigenvalue weighted by molar-refractivity contribution is 6.30. The van der Waals surface area contributed by atoms with E-state index < -0.39 is 0 Å². The van der Waals surface area contributed by atoms with Crippen LogP contribution in [0.25, 0.3) is 11.3 Å². The number of pyridine rings is 1. The number of nitrogens with one attached hydrogen (secondary N) is 1. The Labute approximate surface area is 174 Å². The minimum absolute atomic E-state index is 0.265. The predicted molar refractivity (Wildman–Crippen MR) is 116 cm³/mol. The molecule has 0 radical (unpaired) electrons. The molecule has 0 fully saturated rings. The lowest BCUT2D eigenvalue weighted by Crippen LogP contribution is -2.36. The third kappa shape index (κ3) is 4.14. The molecule has 0 saturated carbocycles. The first-order chi connectivity index (χ1) is 14.2. The Kier molecular flexibility index (Phi) is 5.57. The molecule has 0 unspecified atom stereocenters. The molecule has 148 valence electrons. The zero-order chi connectivity index (χ0) is 20.2. The number of rotatable bonds is 3. The van der Waals surface area contributed by atoms with Crippen molar-refractivity contribution in [3.8, 4) is 11.3 Å². The summed E-state index contributed by atoms with van der Waals surface area (Å²) in [6.45, 7) is 4.36. The number of hydrogen-bond acceptors (Lipinski definition) is 5. The molecule has 8 heteroatoms. The zero-order valence-electron chi connectivity index (χ0n) is 16.0. The minimum Gasteiger partial charge on any atom is -0.369 e. The second-order valence-corrected chi connectivity index (χ2v) is 7.10. The average molecular weight is 409 g/mol. The zero-order valence-corrected chi connectivity index (χ0v) is 16.8. The number of urea groups is 1. The molecule has 0 saturated heterocycles. The molecule has 3 aromatic rings. The molecule has 1 aliphatic heterocycles. The van der Waals surface area contributed by atoms with E-state index in [-0.39, 0.29) is 6.03 Å². The number of aromatic nitrogens is 3. The number of fused-ring (bicyclic) bond motifs is 1. The van der Waals surface area contributed by atoms with E-state index in [1.54, 1.807) is 17.2 Å². The van der Waals surface area contributed by atoms with Crippen LogP contribution in [0.2, 0.25) is 5.02 Å². The number of hydrogen-bond donors (Lipinski definition) is 1. The van der Waals surface area contributed by atoms with Gasteiger partial charge in [0.05, 0.1) is 11.4 Å². The summed E-state index contributed by atoms with van der Waals surface area (Å²) < 4.78 is 0. The van der Waals surface area contributed by atoms with Gasteiger partial charge in [0.1, 0.15) is 12.1 Å². The van der Waals surface area contributed by atoms with Gasteiger partial charge in [-0.2, -0.15) is 0 Å². The normalized spacial score (nSPS) is 13.6. The second kappa shape index (κ2) is 8.45. The number of nitrogens with zero attached hydrogens (tertiary/aromatic N) is 5. The van der Waals surface area contributed by atoms with Crippen molar-refractivity contribution in [1.29, 1.82) is 0 Å². The van der Waals surface area contributed by atoms with Crippen LogP contribution < -0.4 is 15.1 Å². The van der Waals surface area contributed by atoms with Crippen molar-refractivity contribution >= 4 is 35.0 Å². The highest BCUT2D eigenvalue weighted by Crippen LogP contribution is 2.34. The summed E-state index contributed by atoms with van der Waals surface area (Å²) in [5, 5.41) is 3.48. The Morgan fingerprint density at radius 1 is 1.21 bits per heavy atom. The SMILES string of the molecule is CCN1CCCN(C(=O)Nc2ccncn2)c2nc(-c3cccc(Cl)c3)ccc21. The minimum atomic E-state index is -0.265. The Bertz CT molecular complexity index is 1010. The van der Waals surface area contributed by atoms with Crippen molar-refractivity contribution < 1.29 is 4.79 Å². The molecule has 2 amide bonds.